The molecule has 0 bridgehead atoms. The van der Waals surface area contributed by atoms with E-state index in [9.17, 15) is 0 Å². The monoisotopic (exact) mass is 384 g/mol. The number of benzene rings is 1. The van der Waals surface area contributed by atoms with Gasteiger partial charge in [-0.3, -0.25) is 0 Å². The van der Waals surface area contributed by atoms with E-state index in [1.165, 1.54) is 24.0 Å². The maximum absolute atomic E-state index is 6.27. The highest BCUT2D eigenvalue weighted by molar-refractivity contribution is 14.1. The number of hydrogen-bond acceptors (Lipinski definition) is 2. The van der Waals surface area contributed by atoms with Gasteiger partial charge in [-0.25, -0.2) is 9.97 Å². The summed E-state index contributed by atoms with van der Waals surface area (Å²) in [5.41, 5.74) is 4.68. The Labute approximate surface area is 131 Å². The molecule has 0 atom stereocenters. The number of aromatic nitrogens is 2. The summed E-state index contributed by atoms with van der Waals surface area (Å²) in [6.07, 6.45) is 2.44. The predicted molar refractivity (Wildman–Crippen MR) is 86.6 cm³/mol. The molecule has 2 aromatic rings. The van der Waals surface area contributed by atoms with Gasteiger partial charge in [-0.2, -0.15) is 0 Å². The molecule has 3 rings (SSSR count). The first-order valence-electron chi connectivity index (χ1n) is 6.37. The van der Waals surface area contributed by atoms with Crippen LogP contribution in [0.15, 0.2) is 18.2 Å². The van der Waals surface area contributed by atoms with Gasteiger partial charge < -0.3 is 0 Å². The van der Waals surface area contributed by atoms with Crippen molar-refractivity contribution in [3.63, 3.8) is 0 Å². The van der Waals surface area contributed by atoms with Gasteiger partial charge in [0.2, 0.25) is 0 Å². The third-order valence-electron chi connectivity index (χ3n) is 3.65. The minimum absolute atomic E-state index is 0.577. The number of halogens is 2. The lowest BCUT2D eigenvalue weighted by atomic mass is 10.0. The summed E-state index contributed by atoms with van der Waals surface area (Å²) >= 11 is 8.53. The second-order valence-corrected chi connectivity index (χ2v) is 6.50. The van der Waals surface area contributed by atoms with Crippen LogP contribution in [0, 0.1) is 17.4 Å². The molecule has 1 fully saturated rings. The van der Waals surface area contributed by atoms with Crippen molar-refractivity contribution in [2.24, 2.45) is 0 Å². The van der Waals surface area contributed by atoms with Crippen LogP contribution in [-0.2, 0) is 0 Å². The summed E-state index contributed by atoms with van der Waals surface area (Å²) in [5.74, 6) is 1.34. The zero-order chi connectivity index (χ0) is 13.6. The Morgan fingerprint density at radius 3 is 2.63 bits per heavy atom. The van der Waals surface area contributed by atoms with Crippen LogP contribution in [0.25, 0.3) is 11.4 Å². The van der Waals surface area contributed by atoms with Crippen molar-refractivity contribution < 1.29 is 0 Å². The first kappa shape index (κ1) is 13.3. The fraction of sp³-hybridized carbons (Fsp3) is 0.333. The van der Waals surface area contributed by atoms with Crippen LogP contribution >= 0.6 is 34.2 Å². The summed E-state index contributed by atoms with van der Waals surface area (Å²) < 4.78 is 1.01. The maximum atomic E-state index is 6.27. The Bertz CT molecular complexity index is 651. The molecule has 1 aliphatic rings. The SMILES string of the molecule is Cc1cccc(-c2nc(Cl)c(I)c(C3CC3)n2)c1C. The molecule has 0 amide bonds. The van der Waals surface area contributed by atoms with Crippen LogP contribution < -0.4 is 0 Å². The molecule has 0 N–H and O–H groups in total. The van der Waals surface area contributed by atoms with Crippen LogP contribution in [0.4, 0.5) is 0 Å². The molecular weight excluding hydrogens is 371 g/mol. The summed E-state index contributed by atoms with van der Waals surface area (Å²) in [6, 6.07) is 6.22. The molecule has 0 spiro atoms. The molecular formula is C15H14ClIN2. The first-order valence-corrected chi connectivity index (χ1v) is 7.83. The van der Waals surface area contributed by atoms with Crippen molar-refractivity contribution in [3.05, 3.63) is 43.7 Å². The third kappa shape index (κ3) is 2.50. The van der Waals surface area contributed by atoms with E-state index in [0.717, 1.165) is 20.7 Å². The van der Waals surface area contributed by atoms with Crippen LogP contribution in [0.3, 0.4) is 0 Å². The summed E-state index contributed by atoms with van der Waals surface area (Å²) in [6.45, 7) is 4.21. The van der Waals surface area contributed by atoms with Gasteiger partial charge in [-0.15, -0.1) is 0 Å². The van der Waals surface area contributed by atoms with Crippen molar-refractivity contribution in [3.8, 4) is 11.4 Å². The van der Waals surface area contributed by atoms with E-state index in [1.807, 2.05) is 6.07 Å². The normalized spacial score (nSPS) is 14.7. The summed E-state index contributed by atoms with van der Waals surface area (Å²) in [4.78, 5) is 9.23. The van der Waals surface area contributed by atoms with E-state index in [4.69, 9.17) is 16.6 Å². The van der Waals surface area contributed by atoms with Crippen LogP contribution in [-0.4, -0.2) is 9.97 Å². The zero-order valence-corrected chi connectivity index (χ0v) is 13.8. The Morgan fingerprint density at radius 2 is 1.95 bits per heavy atom. The fourth-order valence-electron chi connectivity index (χ4n) is 2.18. The second-order valence-electron chi connectivity index (χ2n) is 5.06. The Kier molecular flexibility index (Phi) is 3.52. The molecule has 4 heteroatoms. The first-order chi connectivity index (χ1) is 9.08. The number of nitrogens with zero attached hydrogens (tertiary/aromatic N) is 2. The molecule has 1 aromatic carbocycles. The molecule has 1 saturated carbocycles. The highest BCUT2D eigenvalue weighted by Crippen LogP contribution is 2.43. The van der Waals surface area contributed by atoms with Gasteiger partial charge in [0.05, 0.1) is 9.26 Å². The standard InChI is InChI=1S/C15H14ClIN2/c1-8-4-3-5-11(9(8)2)15-18-13(10-6-7-10)12(17)14(16)19-15/h3-5,10H,6-7H2,1-2H3. The Hall–Kier alpha value is -0.680. The fourth-order valence-corrected chi connectivity index (χ4v) is 3.04. The highest BCUT2D eigenvalue weighted by Gasteiger charge is 2.29. The van der Waals surface area contributed by atoms with E-state index in [1.54, 1.807) is 0 Å². The molecule has 19 heavy (non-hydrogen) atoms. The van der Waals surface area contributed by atoms with Gasteiger partial charge in [0.15, 0.2) is 5.82 Å². The van der Waals surface area contributed by atoms with E-state index < -0.39 is 0 Å². The molecule has 0 saturated heterocycles. The van der Waals surface area contributed by atoms with Gasteiger partial charge in [0, 0.05) is 11.5 Å². The molecule has 0 aliphatic heterocycles. The molecule has 1 aromatic heterocycles. The topological polar surface area (TPSA) is 25.8 Å². The lowest BCUT2D eigenvalue weighted by molar-refractivity contribution is 0.976. The van der Waals surface area contributed by atoms with E-state index >= 15 is 0 Å². The quantitative estimate of drug-likeness (QED) is 0.544. The van der Waals surface area contributed by atoms with Crippen LogP contribution in [0.1, 0.15) is 35.6 Å². The predicted octanol–water partition coefficient (Wildman–Crippen LogP) is 4.90. The number of rotatable bonds is 2. The largest absolute Gasteiger partial charge is 0.232 e. The van der Waals surface area contributed by atoms with Gasteiger partial charge >= 0.3 is 0 Å². The van der Waals surface area contributed by atoms with Gasteiger partial charge in [0.1, 0.15) is 5.15 Å². The Morgan fingerprint density at radius 1 is 1.21 bits per heavy atom. The van der Waals surface area contributed by atoms with Gasteiger partial charge in [-0.1, -0.05) is 29.8 Å². The molecule has 0 radical (unpaired) electrons. The van der Waals surface area contributed by atoms with Gasteiger partial charge in [-0.05, 0) is 60.4 Å². The molecule has 98 valence electrons. The number of hydrogen-bond donors (Lipinski definition) is 0. The van der Waals surface area contributed by atoms with Crippen molar-refractivity contribution in [2.75, 3.05) is 0 Å². The van der Waals surface area contributed by atoms with Crippen molar-refractivity contribution in [1.82, 2.24) is 9.97 Å². The second kappa shape index (κ2) is 5.02. The van der Waals surface area contributed by atoms with Crippen molar-refractivity contribution in [1.29, 1.82) is 0 Å². The molecule has 1 heterocycles. The van der Waals surface area contributed by atoms with E-state index in [2.05, 4.69) is 53.6 Å². The van der Waals surface area contributed by atoms with Crippen molar-refractivity contribution in [2.45, 2.75) is 32.6 Å². The smallest absolute Gasteiger partial charge is 0.161 e. The van der Waals surface area contributed by atoms with E-state index in [0.29, 0.717) is 11.1 Å². The third-order valence-corrected chi connectivity index (χ3v) is 5.30. The van der Waals surface area contributed by atoms with Crippen molar-refractivity contribution >= 4 is 34.2 Å². The highest BCUT2D eigenvalue weighted by atomic mass is 127. The molecule has 2 nitrogen and oxygen atoms in total. The average Bonchev–Trinajstić information content (AvgIpc) is 3.20. The molecule has 0 unspecified atom stereocenters. The lowest BCUT2D eigenvalue weighted by Crippen LogP contribution is -2.01. The van der Waals surface area contributed by atoms with Crippen LogP contribution in [0.2, 0.25) is 5.15 Å². The zero-order valence-electron chi connectivity index (χ0n) is 10.9. The maximum Gasteiger partial charge on any atom is 0.161 e. The lowest BCUT2D eigenvalue weighted by Gasteiger charge is -2.10. The minimum atomic E-state index is 0.577. The summed E-state index contributed by atoms with van der Waals surface area (Å²) in [5, 5.41) is 0.577. The number of aryl methyl sites for hydroxylation is 1. The average molecular weight is 385 g/mol. The van der Waals surface area contributed by atoms with Crippen LogP contribution in [0.5, 0.6) is 0 Å². The minimum Gasteiger partial charge on any atom is -0.232 e. The van der Waals surface area contributed by atoms with E-state index in [-0.39, 0.29) is 0 Å². The Balaban J connectivity index is 2.17. The summed E-state index contributed by atoms with van der Waals surface area (Å²) in [7, 11) is 0. The van der Waals surface area contributed by atoms with Gasteiger partial charge in [0.25, 0.3) is 0 Å². The molecule has 1 aliphatic carbocycles.